The summed E-state index contributed by atoms with van der Waals surface area (Å²) in [7, 11) is 0. The van der Waals surface area contributed by atoms with E-state index in [-0.39, 0.29) is 12.5 Å². The zero-order chi connectivity index (χ0) is 42.8. The van der Waals surface area contributed by atoms with E-state index in [2.05, 4.69) is 104 Å². The Morgan fingerprint density at radius 1 is 0.424 bits per heavy atom. The first-order chi connectivity index (χ1) is 29.2. The number of carbonyl (C=O) groups excluding carboxylic acids is 1. The monoisotopic (exact) mass is 818 g/mol. The van der Waals surface area contributed by atoms with Crippen molar-refractivity contribution in [3.63, 3.8) is 0 Å². The van der Waals surface area contributed by atoms with E-state index in [1.807, 2.05) is 6.08 Å². The van der Waals surface area contributed by atoms with E-state index in [4.69, 9.17) is 0 Å². The van der Waals surface area contributed by atoms with Crippen LogP contribution in [0.15, 0.2) is 97.2 Å². The molecule has 0 spiro atoms. The van der Waals surface area contributed by atoms with Crippen molar-refractivity contribution in [3.05, 3.63) is 97.2 Å². The van der Waals surface area contributed by atoms with E-state index in [1.54, 1.807) is 6.08 Å². The topological polar surface area (TPSA) is 69.6 Å². The maximum absolute atomic E-state index is 12.4. The molecule has 338 valence electrons. The second-order valence-electron chi connectivity index (χ2n) is 16.5. The molecule has 0 aromatic heterocycles. The highest BCUT2D eigenvalue weighted by Gasteiger charge is 2.17. The van der Waals surface area contributed by atoms with Crippen LogP contribution in [0.4, 0.5) is 0 Å². The van der Waals surface area contributed by atoms with Gasteiger partial charge in [-0.3, -0.25) is 4.79 Å². The number of unbranched alkanes of at least 4 members (excludes halogenated alkanes) is 23. The number of rotatable bonds is 44. The van der Waals surface area contributed by atoms with Crippen LogP contribution >= 0.6 is 0 Å². The van der Waals surface area contributed by atoms with Crippen LogP contribution in [0, 0.1) is 0 Å². The highest BCUT2D eigenvalue weighted by molar-refractivity contribution is 5.76. The minimum Gasteiger partial charge on any atom is -0.394 e. The Hall–Kier alpha value is -2.69. The van der Waals surface area contributed by atoms with Crippen LogP contribution in [0.5, 0.6) is 0 Å². The van der Waals surface area contributed by atoms with E-state index in [0.717, 1.165) is 70.6 Å². The molecule has 1 amide bonds. The summed E-state index contributed by atoms with van der Waals surface area (Å²) in [5.74, 6) is -0.0829. The van der Waals surface area contributed by atoms with E-state index in [9.17, 15) is 15.0 Å². The van der Waals surface area contributed by atoms with Crippen molar-refractivity contribution in [2.45, 2.75) is 238 Å². The fourth-order valence-corrected chi connectivity index (χ4v) is 7.00. The molecule has 0 aromatic carbocycles. The molecule has 0 aromatic rings. The lowest BCUT2D eigenvalue weighted by atomic mass is 10.0. The summed E-state index contributed by atoms with van der Waals surface area (Å²) in [6, 6.07) is -0.651. The van der Waals surface area contributed by atoms with Crippen LogP contribution in [0.2, 0.25) is 0 Å². The highest BCUT2D eigenvalue weighted by atomic mass is 16.3. The van der Waals surface area contributed by atoms with Gasteiger partial charge in [-0.25, -0.2) is 0 Å². The molecule has 0 heterocycles. The van der Waals surface area contributed by atoms with Gasteiger partial charge in [-0.05, 0) is 89.9 Å². The number of hydrogen-bond acceptors (Lipinski definition) is 3. The maximum Gasteiger partial charge on any atom is 0.220 e. The number of amides is 1. The number of aliphatic hydroxyl groups is 2. The third-order valence-electron chi connectivity index (χ3n) is 10.8. The van der Waals surface area contributed by atoms with Gasteiger partial charge in [-0.15, -0.1) is 0 Å². The fraction of sp³-hybridized carbons (Fsp3) is 0.691. The summed E-state index contributed by atoms with van der Waals surface area (Å²) in [6.45, 7) is 4.17. The van der Waals surface area contributed by atoms with Crippen molar-refractivity contribution < 1.29 is 15.0 Å². The number of nitrogens with one attached hydrogen (secondary N) is 1. The minimum atomic E-state index is -0.876. The molecular formula is C55H95NO3. The Morgan fingerprint density at radius 3 is 1.19 bits per heavy atom. The molecule has 59 heavy (non-hydrogen) atoms. The van der Waals surface area contributed by atoms with Crippen LogP contribution in [0.3, 0.4) is 0 Å². The van der Waals surface area contributed by atoms with Gasteiger partial charge in [0, 0.05) is 6.42 Å². The Labute approximate surface area is 366 Å². The molecular weight excluding hydrogens is 723 g/mol. The molecule has 2 unspecified atom stereocenters. The van der Waals surface area contributed by atoms with Crippen molar-refractivity contribution >= 4 is 5.91 Å². The first-order valence-corrected chi connectivity index (χ1v) is 25.0. The van der Waals surface area contributed by atoms with Gasteiger partial charge in [0.25, 0.3) is 0 Å². The number of hydrogen-bond donors (Lipinski definition) is 3. The Bertz CT molecular complexity index is 1110. The smallest absolute Gasteiger partial charge is 0.220 e. The fourth-order valence-electron chi connectivity index (χ4n) is 7.00. The van der Waals surface area contributed by atoms with Gasteiger partial charge in [-0.2, -0.15) is 0 Å². The van der Waals surface area contributed by atoms with E-state index in [1.165, 1.54) is 135 Å². The van der Waals surface area contributed by atoms with Gasteiger partial charge in [0.15, 0.2) is 0 Å². The van der Waals surface area contributed by atoms with Gasteiger partial charge in [-0.1, -0.05) is 227 Å². The Balaban J connectivity index is 3.61. The first kappa shape index (κ1) is 56.3. The maximum atomic E-state index is 12.4. The molecule has 0 aliphatic rings. The molecule has 0 aliphatic heterocycles. The van der Waals surface area contributed by atoms with Crippen LogP contribution in [-0.4, -0.2) is 34.9 Å². The molecule has 0 aliphatic carbocycles. The van der Waals surface area contributed by atoms with Gasteiger partial charge in [0.1, 0.15) is 0 Å². The summed E-state index contributed by atoms with van der Waals surface area (Å²) >= 11 is 0. The predicted octanol–water partition coefficient (Wildman–Crippen LogP) is 16.2. The Kier molecular flexibility index (Phi) is 47.4. The third kappa shape index (κ3) is 46.2. The molecule has 0 saturated carbocycles. The van der Waals surface area contributed by atoms with Crippen LogP contribution in [0.25, 0.3) is 0 Å². The van der Waals surface area contributed by atoms with Crippen molar-refractivity contribution in [1.29, 1.82) is 0 Å². The molecule has 0 radical (unpaired) electrons. The summed E-state index contributed by atoms with van der Waals surface area (Å²) in [5.41, 5.74) is 0. The van der Waals surface area contributed by atoms with Crippen molar-refractivity contribution in [3.8, 4) is 0 Å². The van der Waals surface area contributed by atoms with Gasteiger partial charge in [0.05, 0.1) is 18.8 Å². The predicted molar refractivity (Wildman–Crippen MR) is 262 cm³/mol. The highest BCUT2D eigenvalue weighted by Crippen LogP contribution is 2.14. The molecule has 0 saturated heterocycles. The lowest BCUT2D eigenvalue weighted by molar-refractivity contribution is -0.123. The van der Waals surface area contributed by atoms with Crippen LogP contribution in [0.1, 0.15) is 226 Å². The first-order valence-electron chi connectivity index (χ1n) is 25.0. The summed E-state index contributed by atoms with van der Waals surface area (Å²) in [4.78, 5) is 12.4. The molecule has 0 rings (SSSR count). The van der Waals surface area contributed by atoms with E-state index < -0.39 is 12.1 Å². The zero-order valence-corrected chi connectivity index (χ0v) is 38.7. The second-order valence-corrected chi connectivity index (χ2v) is 16.5. The van der Waals surface area contributed by atoms with Crippen LogP contribution in [-0.2, 0) is 4.79 Å². The molecule has 3 N–H and O–H groups in total. The number of aliphatic hydroxyl groups excluding tert-OH is 2. The summed E-state index contributed by atoms with van der Waals surface area (Å²) in [6.07, 6.45) is 73.9. The SMILES string of the molecule is CC/C=C\C/C=C\C/C=C\C/C=C\C/C=C\CCCCCCCCCCCCCCCC(=O)NC(CO)C(O)/C=C/CC/C=C/CC/C=C/CCCCCCCCCC. The lowest BCUT2D eigenvalue weighted by Crippen LogP contribution is -2.45. The Morgan fingerprint density at radius 2 is 0.763 bits per heavy atom. The van der Waals surface area contributed by atoms with Crippen molar-refractivity contribution in [1.82, 2.24) is 5.32 Å². The lowest BCUT2D eigenvalue weighted by Gasteiger charge is -2.19. The average Bonchev–Trinajstić information content (AvgIpc) is 3.24. The number of allylic oxidation sites excluding steroid dienone is 15. The van der Waals surface area contributed by atoms with Crippen molar-refractivity contribution in [2.75, 3.05) is 6.61 Å². The average molecular weight is 818 g/mol. The molecule has 2 atom stereocenters. The minimum absolute atomic E-state index is 0.0829. The normalized spacial score (nSPS) is 13.8. The summed E-state index contributed by atoms with van der Waals surface area (Å²) < 4.78 is 0. The quantitative estimate of drug-likeness (QED) is 0.0424. The molecule has 4 nitrogen and oxygen atoms in total. The third-order valence-corrected chi connectivity index (χ3v) is 10.8. The van der Waals surface area contributed by atoms with E-state index >= 15 is 0 Å². The molecule has 0 bridgehead atoms. The molecule has 4 heteroatoms. The second kappa shape index (κ2) is 49.7. The van der Waals surface area contributed by atoms with E-state index in [0.29, 0.717) is 6.42 Å². The van der Waals surface area contributed by atoms with Crippen molar-refractivity contribution in [2.24, 2.45) is 0 Å². The molecule has 0 fully saturated rings. The van der Waals surface area contributed by atoms with Gasteiger partial charge < -0.3 is 15.5 Å². The number of carbonyl (C=O) groups is 1. The standard InChI is InChI=1S/C55H95NO3/c1-3-5-7-9-11-13-15-17-19-21-23-24-25-26-27-28-29-30-31-32-33-35-37-39-41-43-45-47-49-51-55(59)56-53(52-57)54(58)50-48-46-44-42-40-38-36-34-22-20-18-16-14-12-10-8-6-4-2/h5,7,11,13,17,19,22-24,26-27,34,40,42,48,50,53-54,57-58H,3-4,6,8-10,12,14-16,18,20-21,25,28-33,35-39,41,43-47,49,51-52H2,1-2H3,(H,56,59)/b7-5-,13-11-,19-17-,24-23-,27-26-,34-22+,42-40+,50-48+. The summed E-state index contributed by atoms with van der Waals surface area (Å²) in [5, 5.41) is 23.1. The largest absolute Gasteiger partial charge is 0.394 e. The van der Waals surface area contributed by atoms with Gasteiger partial charge >= 0.3 is 0 Å². The van der Waals surface area contributed by atoms with Gasteiger partial charge in [0.2, 0.25) is 5.91 Å². The van der Waals surface area contributed by atoms with Crippen LogP contribution < -0.4 is 5.32 Å². The zero-order valence-electron chi connectivity index (χ0n) is 38.7.